The zero-order valence-electron chi connectivity index (χ0n) is 12.8. The zero-order chi connectivity index (χ0) is 18.1. The standard InChI is InChI=1S/C17H11ClINO4S/c1-24-13-6-9(5-12(19)15(13)21)7-14-16(22)20(17(23)25-14)11-4-2-3-10(18)8-11/h2-8,21H,1H3/b14-7-. The molecule has 1 saturated heterocycles. The second-order valence-electron chi connectivity index (χ2n) is 5.05. The van der Waals surface area contributed by atoms with E-state index in [0.29, 0.717) is 25.6 Å². The predicted molar refractivity (Wildman–Crippen MR) is 107 cm³/mol. The SMILES string of the molecule is COc1cc(/C=C2\SC(=O)N(c3cccc(Cl)c3)C2=O)cc(I)c1O. The van der Waals surface area contributed by atoms with Crippen LogP contribution in [0.5, 0.6) is 11.5 Å². The second kappa shape index (κ2) is 7.27. The van der Waals surface area contributed by atoms with Crippen LogP contribution in [0.3, 0.4) is 0 Å². The fourth-order valence-corrected chi connectivity index (χ4v) is 3.94. The molecule has 5 nitrogen and oxygen atoms in total. The molecule has 1 aliphatic rings. The van der Waals surface area contributed by atoms with Gasteiger partial charge in [-0.2, -0.15) is 0 Å². The van der Waals surface area contributed by atoms with E-state index in [1.165, 1.54) is 7.11 Å². The summed E-state index contributed by atoms with van der Waals surface area (Å²) in [6, 6.07) is 9.87. The Bertz CT molecular complexity index is 916. The Morgan fingerprint density at radius 3 is 2.72 bits per heavy atom. The first kappa shape index (κ1) is 18.1. The number of phenols is 1. The molecule has 1 fully saturated rings. The lowest BCUT2D eigenvalue weighted by Crippen LogP contribution is -2.27. The summed E-state index contributed by atoms with van der Waals surface area (Å²) in [6.45, 7) is 0. The molecular weight excluding hydrogens is 477 g/mol. The maximum atomic E-state index is 12.6. The third kappa shape index (κ3) is 3.63. The minimum absolute atomic E-state index is 0.0345. The van der Waals surface area contributed by atoms with Gasteiger partial charge in [-0.3, -0.25) is 9.59 Å². The Morgan fingerprint density at radius 1 is 1.28 bits per heavy atom. The van der Waals surface area contributed by atoms with Crippen LogP contribution >= 0.6 is 46.0 Å². The smallest absolute Gasteiger partial charge is 0.298 e. The molecule has 25 heavy (non-hydrogen) atoms. The molecule has 3 rings (SSSR count). The summed E-state index contributed by atoms with van der Waals surface area (Å²) in [4.78, 5) is 26.3. The highest BCUT2D eigenvalue weighted by molar-refractivity contribution is 14.1. The van der Waals surface area contributed by atoms with Crippen LogP contribution in [0.25, 0.3) is 6.08 Å². The Morgan fingerprint density at radius 2 is 2.04 bits per heavy atom. The molecule has 0 spiro atoms. The number of nitrogens with zero attached hydrogens (tertiary/aromatic N) is 1. The monoisotopic (exact) mass is 487 g/mol. The van der Waals surface area contributed by atoms with Crippen molar-refractivity contribution in [2.24, 2.45) is 0 Å². The van der Waals surface area contributed by atoms with Gasteiger partial charge in [0.1, 0.15) is 0 Å². The number of carbonyl (C=O) groups excluding carboxylic acids is 2. The van der Waals surface area contributed by atoms with Gasteiger partial charge in [0.05, 0.1) is 21.3 Å². The lowest BCUT2D eigenvalue weighted by Gasteiger charge is -2.12. The molecule has 0 bridgehead atoms. The van der Waals surface area contributed by atoms with Crippen LogP contribution in [0.1, 0.15) is 5.56 Å². The maximum Gasteiger partial charge on any atom is 0.298 e. The molecule has 1 N–H and O–H groups in total. The van der Waals surface area contributed by atoms with Gasteiger partial charge >= 0.3 is 0 Å². The van der Waals surface area contributed by atoms with Crippen molar-refractivity contribution in [3.05, 3.63) is 55.5 Å². The van der Waals surface area contributed by atoms with Gasteiger partial charge < -0.3 is 9.84 Å². The van der Waals surface area contributed by atoms with Gasteiger partial charge in [0.2, 0.25) is 0 Å². The number of rotatable bonds is 3. The van der Waals surface area contributed by atoms with Crippen LogP contribution in [0.15, 0.2) is 41.3 Å². The van der Waals surface area contributed by atoms with E-state index in [2.05, 4.69) is 0 Å². The Kier molecular flexibility index (Phi) is 5.26. The van der Waals surface area contributed by atoms with E-state index in [-0.39, 0.29) is 15.9 Å². The van der Waals surface area contributed by atoms with E-state index < -0.39 is 5.91 Å². The highest BCUT2D eigenvalue weighted by atomic mass is 127. The average molecular weight is 488 g/mol. The van der Waals surface area contributed by atoms with Crippen molar-refractivity contribution < 1.29 is 19.4 Å². The molecule has 0 radical (unpaired) electrons. The number of imide groups is 1. The number of hydrogen-bond donors (Lipinski definition) is 1. The third-order valence-electron chi connectivity index (χ3n) is 3.43. The van der Waals surface area contributed by atoms with Gasteiger partial charge in [-0.15, -0.1) is 0 Å². The summed E-state index contributed by atoms with van der Waals surface area (Å²) in [5.74, 6) is -0.0844. The van der Waals surface area contributed by atoms with Gasteiger partial charge in [-0.05, 0) is 76.3 Å². The fraction of sp³-hybridized carbons (Fsp3) is 0.0588. The first-order valence-corrected chi connectivity index (χ1v) is 9.28. The van der Waals surface area contributed by atoms with Gasteiger partial charge in [0, 0.05) is 5.02 Å². The Hall–Kier alpha value is -1.71. The second-order valence-corrected chi connectivity index (χ2v) is 7.64. The van der Waals surface area contributed by atoms with Crippen molar-refractivity contribution in [2.75, 3.05) is 12.0 Å². The van der Waals surface area contributed by atoms with E-state index in [1.807, 2.05) is 22.6 Å². The number of thioether (sulfide) groups is 1. The van der Waals surface area contributed by atoms with Crippen LogP contribution in [-0.2, 0) is 4.79 Å². The molecule has 8 heteroatoms. The zero-order valence-corrected chi connectivity index (χ0v) is 16.6. The lowest BCUT2D eigenvalue weighted by atomic mass is 10.2. The summed E-state index contributed by atoms with van der Waals surface area (Å²) in [7, 11) is 1.45. The van der Waals surface area contributed by atoms with Gasteiger partial charge in [0.25, 0.3) is 11.1 Å². The molecule has 0 saturated carbocycles. The fourth-order valence-electron chi connectivity index (χ4n) is 2.29. The quantitative estimate of drug-likeness (QED) is 0.493. The normalized spacial score (nSPS) is 16.0. The molecule has 0 aliphatic carbocycles. The maximum absolute atomic E-state index is 12.6. The molecule has 0 unspecified atom stereocenters. The van der Waals surface area contributed by atoms with E-state index >= 15 is 0 Å². The van der Waals surface area contributed by atoms with Crippen LogP contribution < -0.4 is 9.64 Å². The Labute approximate surface area is 166 Å². The molecule has 0 aromatic heterocycles. The summed E-state index contributed by atoms with van der Waals surface area (Å²) in [5.41, 5.74) is 1.08. The van der Waals surface area contributed by atoms with Gasteiger partial charge in [0.15, 0.2) is 11.5 Å². The van der Waals surface area contributed by atoms with E-state index in [9.17, 15) is 14.7 Å². The average Bonchev–Trinajstić information content (AvgIpc) is 2.84. The Balaban J connectivity index is 1.97. The summed E-state index contributed by atoms with van der Waals surface area (Å²) in [6.07, 6.45) is 1.60. The molecular formula is C17H11ClINO4S. The van der Waals surface area contributed by atoms with Crippen LogP contribution in [0, 0.1) is 3.57 Å². The van der Waals surface area contributed by atoms with Crippen molar-refractivity contribution >= 4 is 68.9 Å². The van der Waals surface area contributed by atoms with Crippen LogP contribution in [0.4, 0.5) is 10.5 Å². The number of benzene rings is 2. The predicted octanol–water partition coefficient (Wildman–Crippen LogP) is 4.90. The van der Waals surface area contributed by atoms with Crippen molar-refractivity contribution in [3.63, 3.8) is 0 Å². The third-order valence-corrected chi connectivity index (χ3v) is 5.36. The topological polar surface area (TPSA) is 66.8 Å². The molecule has 2 aromatic rings. The van der Waals surface area contributed by atoms with E-state index in [1.54, 1.807) is 42.5 Å². The number of anilines is 1. The number of halogens is 2. The highest BCUT2D eigenvalue weighted by Crippen LogP contribution is 2.38. The number of amides is 2. The first-order chi connectivity index (χ1) is 11.9. The first-order valence-electron chi connectivity index (χ1n) is 7.00. The van der Waals surface area contributed by atoms with Crippen LogP contribution in [-0.4, -0.2) is 23.4 Å². The minimum atomic E-state index is -0.417. The molecule has 1 heterocycles. The highest BCUT2D eigenvalue weighted by Gasteiger charge is 2.36. The number of hydrogen-bond acceptors (Lipinski definition) is 5. The van der Waals surface area contributed by atoms with Gasteiger partial charge in [-0.1, -0.05) is 17.7 Å². The number of phenolic OH excluding ortho intramolecular Hbond substituents is 1. The van der Waals surface area contributed by atoms with Crippen molar-refractivity contribution in [2.45, 2.75) is 0 Å². The molecule has 1 aliphatic heterocycles. The number of ether oxygens (including phenoxy) is 1. The van der Waals surface area contributed by atoms with Crippen molar-refractivity contribution in [1.82, 2.24) is 0 Å². The number of aromatic hydroxyl groups is 1. The lowest BCUT2D eigenvalue weighted by molar-refractivity contribution is -0.113. The summed E-state index contributed by atoms with van der Waals surface area (Å²) < 4.78 is 5.70. The minimum Gasteiger partial charge on any atom is -0.504 e. The van der Waals surface area contributed by atoms with Crippen molar-refractivity contribution in [3.8, 4) is 11.5 Å². The largest absolute Gasteiger partial charge is 0.504 e. The van der Waals surface area contributed by atoms with E-state index in [0.717, 1.165) is 16.7 Å². The summed E-state index contributed by atoms with van der Waals surface area (Å²) in [5, 5.41) is 9.95. The molecule has 128 valence electrons. The van der Waals surface area contributed by atoms with E-state index in [4.69, 9.17) is 16.3 Å². The van der Waals surface area contributed by atoms with Crippen LogP contribution in [0.2, 0.25) is 5.02 Å². The summed E-state index contributed by atoms with van der Waals surface area (Å²) >= 11 is 8.76. The number of methoxy groups -OCH3 is 1. The molecule has 0 atom stereocenters. The molecule has 2 aromatic carbocycles. The van der Waals surface area contributed by atoms with Crippen molar-refractivity contribution in [1.29, 1.82) is 0 Å². The van der Waals surface area contributed by atoms with Gasteiger partial charge in [-0.25, -0.2) is 4.90 Å². The molecule has 2 amide bonds. The number of carbonyl (C=O) groups is 2.